The number of halogens is 2. The van der Waals surface area contributed by atoms with Gasteiger partial charge in [0.2, 0.25) is 10.0 Å². The van der Waals surface area contributed by atoms with Crippen molar-refractivity contribution in [3.63, 3.8) is 0 Å². The van der Waals surface area contributed by atoms with Gasteiger partial charge in [-0.3, -0.25) is 0 Å². The summed E-state index contributed by atoms with van der Waals surface area (Å²) in [5.41, 5.74) is 2.76. The monoisotopic (exact) mass is 583 g/mol. The first-order valence-corrected chi connectivity index (χ1v) is 15.0. The van der Waals surface area contributed by atoms with Crippen molar-refractivity contribution in [2.24, 2.45) is 0 Å². The van der Waals surface area contributed by atoms with Crippen molar-refractivity contribution in [1.29, 1.82) is 0 Å². The van der Waals surface area contributed by atoms with Crippen LogP contribution in [0.15, 0.2) is 95.0 Å². The Bertz CT molecular complexity index is 1950. The summed E-state index contributed by atoms with van der Waals surface area (Å²) in [5, 5.41) is 0.241. The molecule has 5 rings (SSSR count). The summed E-state index contributed by atoms with van der Waals surface area (Å²) in [4.78, 5) is 4.64. The van der Waals surface area contributed by atoms with Gasteiger partial charge in [-0.1, -0.05) is 53.6 Å². The Kier molecular flexibility index (Phi) is 6.84. The molecule has 0 bridgehead atoms. The predicted molar refractivity (Wildman–Crippen MR) is 150 cm³/mol. The lowest BCUT2D eigenvalue weighted by molar-refractivity contribution is 0.521. The molecule has 0 radical (unpaired) electrons. The SMILES string of the molecule is Cc1ccc(S(=O)(=O)n2cc(-c3cccc(F)c3Cl)c3cc(-c4cccc(S(=O)(=O)N(C)C)c4)cnc32)cc1. The van der Waals surface area contributed by atoms with Crippen LogP contribution < -0.4 is 0 Å². The van der Waals surface area contributed by atoms with Gasteiger partial charge in [-0.15, -0.1) is 0 Å². The average molecular weight is 584 g/mol. The Morgan fingerprint density at radius 1 is 0.846 bits per heavy atom. The summed E-state index contributed by atoms with van der Waals surface area (Å²) in [6, 6.07) is 18.8. The summed E-state index contributed by atoms with van der Waals surface area (Å²) in [6.45, 7) is 1.85. The van der Waals surface area contributed by atoms with Gasteiger partial charge in [-0.05, 0) is 48.9 Å². The lowest BCUT2D eigenvalue weighted by Gasteiger charge is -2.12. The number of aryl methyl sites for hydroxylation is 1. The third-order valence-corrected chi connectivity index (χ3v) is 10.2. The van der Waals surface area contributed by atoms with Crippen LogP contribution >= 0.6 is 11.6 Å². The molecule has 7 nitrogen and oxygen atoms in total. The van der Waals surface area contributed by atoms with Gasteiger partial charge in [0, 0.05) is 48.6 Å². The van der Waals surface area contributed by atoms with E-state index in [0.717, 1.165) is 13.8 Å². The number of aromatic nitrogens is 2. The fraction of sp³-hybridized carbons (Fsp3) is 0.107. The molecule has 2 aromatic heterocycles. The van der Waals surface area contributed by atoms with Crippen LogP contribution in [-0.2, 0) is 20.0 Å². The average Bonchev–Trinajstić information content (AvgIpc) is 3.30. The van der Waals surface area contributed by atoms with Crippen LogP contribution in [-0.4, -0.2) is 44.2 Å². The highest BCUT2D eigenvalue weighted by atomic mass is 35.5. The lowest BCUT2D eigenvalue weighted by Crippen LogP contribution is -2.22. The maximum Gasteiger partial charge on any atom is 0.269 e. The third-order valence-electron chi connectivity index (χ3n) is 6.38. The van der Waals surface area contributed by atoms with E-state index in [2.05, 4.69) is 4.98 Å². The molecule has 3 aromatic carbocycles. The first-order valence-electron chi connectivity index (χ1n) is 11.7. The molecule has 0 saturated carbocycles. The van der Waals surface area contributed by atoms with E-state index in [9.17, 15) is 21.2 Å². The number of hydrogen-bond donors (Lipinski definition) is 0. The zero-order valence-electron chi connectivity index (χ0n) is 21.1. The first-order chi connectivity index (χ1) is 18.4. The predicted octanol–water partition coefficient (Wildman–Crippen LogP) is 5.96. The summed E-state index contributed by atoms with van der Waals surface area (Å²) in [7, 11) is -4.87. The van der Waals surface area contributed by atoms with E-state index < -0.39 is 25.9 Å². The Morgan fingerprint density at radius 3 is 2.23 bits per heavy atom. The second-order valence-electron chi connectivity index (χ2n) is 9.17. The molecule has 39 heavy (non-hydrogen) atoms. The van der Waals surface area contributed by atoms with Crippen molar-refractivity contribution < 1.29 is 21.2 Å². The minimum atomic E-state index is -4.07. The standard InChI is InChI=1S/C28H23ClFN3O4S2/c1-18-10-12-21(13-11-18)39(36,37)33-17-25(23-8-5-9-26(30)27(23)29)24-15-20(16-31-28(24)33)19-6-4-7-22(14-19)38(34,35)32(2)3/h4-17H,1-3H3. The van der Waals surface area contributed by atoms with Crippen LogP contribution in [0.4, 0.5) is 4.39 Å². The highest BCUT2D eigenvalue weighted by Crippen LogP contribution is 2.38. The van der Waals surface area contributed by atoms with E-state index in [0.29, 0.717) is 27.6 Å². The van der Waals surface area contributed by atoms with E-state index >= 15 is 0 Å². The van der Waals surface area contributed by atoms with E-state index in [1.54, 1.807) is 36.4 Å². The Balaban J connectivity index is 1.77. The molecule has 0 amide bonds. The van der Waals surface area contributed by atoms with Crippen LogP contribution in [0.3, 0.4) is 0 Å². The Labute approximate surface area is 231 Å². The molecular weight excluding hydrogens is 561 g/mol. The summed E-state index contributed by atoms with van der Waals surface area (Å²) in [6.07, 6.45) is 2.85. The van der Waals surface area contributed by atoms with Gasteiger partial charge in [0.15, 0.2) is 5.65 Å². The zero-order valence-corrected chi connectivity index (χ0v) is 23.5. The highest BCUT2D eigenvalue weighted by Gasteiger charge is 2.25. The van der Waals surface area contributed by atoms with Crippen LogP contribution in [0.25, 0.3) is 33.3 Å². The first kappa shape index (κ1) is 27.0. The van der Waals surface area contributed by atoms with Gasteiger partial charge in [-0.25, -0.2) is 34.5 Å². The van der Waals surface area contributed by atoms with Gasteiger partial charge < -0.3 is 0 Å². The molecule has 0 spiro atoms. The molecule has 0 aliphatic rings. The van der Waals surface area contributed by atoms with E-state index in [1.165, 1.54) is 62.9 Å². The molecule has 0 fully saturated rings. The third kappa shape index (κ3) is 4.74. The second kappa shape index (κ2) is 9.87. The number of rotatable bonds is 6. The van der Waals surface area contributed by atoms with Crippen molar-refractivity contribution in [3.8, 4) is 22.3 Å². The molecule has 5 aromatic rings. The maximum absolute atomic E-state index is 14.4. The molecule has 0 aliphatic heterocycles. The van der Waals surface area contributed by atoms with Crippen molar-refractivity contribution in [2.75, 3.05) is 14.1 Å². The number of nitrogens with zero attached hydrogens (tertiary/aromatic N) is 3. The van der Waals surface area contributed by atoms with Crippen molar-refractivity contribution in [2.45, 2.75) is 16.7 Å². The van der Waals surface area contributed by atoms with Crippen molar-refractivity contribution in [3.05, 3.63) is 102 Å². The molecule has 2 heterocycles. The topological polar surface area (TPSA) is 89.3 Å². The van der Waals surface area contributed by atoms with Crippen LogP contribution in [0.5, 0.6) is 0 Å². The number of pyridine rings is 1. The summed E-state index contributed by atoms with van der Waals surface area (Å²) < 4.78 is 69.4. The summed E-state index contributed by atoms with van der Waals surface area (Å²) >= 11 is 6.32. The van der Waals surface area contributed by atoms with Crippen LogP contribution in [0.2, 0.25) is 5.02 Å². The molecule has 0 unspecified atom stereocenters. The minimum absolute atomic E-state index is 0.0642. The minimum Gasteiger partial charge on any atom is -0.237 e. The molecule has 0 atom stereocenters. The Morgan fingerprint density at radius 2 is 1.54 bits per heavy atom. The smallest absolute Gasteiger partial charge is 0.237 e. The number of sulfonamides is 1. The van der Waals surface area contributed by atoms with Gasteiger partial charge in [-0.2, -0.15) is 0 Å². The highest BCUT2D eigenvalue weighted by molar-refractivity contribution is 7.90. The molecule has 0 saturated heterocycles. The number of fused-ring (bicyclic) bond motifs is 1. The van der Waals surface area contributed by atoms with Crippen molar-refractivity contribution in [1.82, 2.24) is 13.3 Å². The molecular formula is C28H23ClFN3O4S2. The molecule has 11 heteroatoms. The van der Waals surface area contributed by atoms with Gasteiger partial charge in [0.25, 0.3) is 10.0 Å². The quantitative estimate of drug-likeness (QED) is 0.246. The van der Waals surface area contributed by atoms with Crippen LogP contribution in [0.1, 0.15) is 5.56 Å². The molecule has 0 N–H and O–H groups in total. The fourth-order valence-electron chi connectivity index (χ4n) is 4.22. The second-order valence-corrected chi connectivity index (χ2v) is 13.5. The fourth-order valence-corrected chi connectivity index (χ4v) is 6.72. The van der Waals surface area contributed by atoms with Crippen LogP contribution in [0, 0.1) is 12.7 Å². The van der Waals surface area contributed by atoms with E-state index in [-0.39, 0.29) is 20.5 Å². The molecule has 0 aliphatic carbocycles. The summed E-state index contributed by atoms with van der Waals surface area (Å²) in [5.74, 6) is -0.651. The number of hydrogen-bond acceptors (Lipinski definition) is 5. The van der Waals surface area contributed by atoms with Gasteiger partial charge in [0.05, 0.1) is 14.8 Å². The maximum atomic E-state index is 14.4. The van der Waals surface area contributed by atoms with E-state index in [4.69, 9.17) is 11.6 Å². The van der Waals surface area contributed by atoms with E-state index in [1.807, 2.05) is 6.92 Å². The normalized spacial score (nSPS) is 12.4. The zero-order chi connectivity index (χ0) is 28.1. The Hall–Kier alpha value is -3.57. The molecule has 200 valence electrons. The van der Waals surface area contributed by atoms with Gasteiger partial charge >= 0.3 is 0 Å². The number of benzene rings is 3. The van der Waals surface area contributed by atoms with Crippen molar-refractivity contribution >= 4 is 42.7 Å². The largest absolute Gasteiger partial charge is 0.269 e. The van der Waals surface area contributed by atoms with Gasteiger partial charge in [0.1, 0.15) is 5.82 Å². The lowest BCUT2D eigenvalue weighted by atomic mass is 10.0.